The molecule has 2 aromatic heterocycles. The number of aromatic nitrogens is 3. The Morgan fingerprint density at radius 2 is 2.05 bits per heavy atom. The second-order valence-corrected chi connectivity index (χ2v) is 5.46. The zero-order chi connectivity index (χ0) is 16.3. The number of aryl methyl sites for hydroxylation is 3. The molecule has 2 rings (SSSR count). The van der Waals surface area contributed by atoms with Gasteiger partial charge in [-0.1, -0.05) is 0 Å². The number of carbonyl (C=O) groups excluding carboxylic acids is 2. The summed E-state index contributed by atoms with van der Waals surface area (Å²) in [7, 11) is 0. The number of nitrogens with one attached hydrogen (secondary N) is 2. The summed E-state index contributed by atoms with van der Waals surface area (Å²) >= 11 is 0. The lowest BCUT2D eigenvalue weighted by Crippen LogP contribution is -2.26. The molecule has 1 amide bonds. The number of carbonyl (C=O) groups is 2. The number of hydrogen-bond acceptors (Lipinski definition) is 3. The zero-order valence-corrected chi connectivity index (χ0v) is 13.5. The van der Waals surface area contributed by atoms with Crippen molar-refractivity contribution in [2.24, 2.45) is 0 Å². The van der Waals surface area contributed by atoms with E-state index in [9.17, 15) is 9.59 Å². The number of nitrogens with zero attached hydrogens (tertiary/aromatic N) is 2. The van der Waals surface area contributed by atoms with E-state index in [1.165, 1.54) is 6.92 Å². The van der Waals surface area contributed by atoms with Gasteiger partial charge in [-0.25, -0.2) is 4.98 Å². The van der Waals surface area contributed by atoms with Crippen LogP contribution in [-0.4, -0.2) is 32.8 Å². The molecule has 0 bridgehead atoms. The maximum atomic E-state index is 12.2. The monoisotopic (exact) mass is 302 g/mol. The highest BCUT2D eigenvalue weighted by Crippen LogP contribution is 2.18. The fourth-order valence-corrected chi connectivity index (χ4v) is 2.68. The van der Waals surface area contributed by atoms with E-state index in [0.29, 0.717) is 23.4 Å². The summed E-state index contributed by atoms with van der Waals surface area (Å²) in [5.41, 5.74) is 2.54. The average Bonchev–Trinajstić information content (AvgIpc) is 2.98. The molecule has 0 unspecified atom stereocenters. The van der Waals surface area contributed by atoms with Gasteiger partial charge in [0.2, 0.25) is 0 Å². The van der Waals surface area contributed by atoms with Crippen LogP contribution >= 0.6 is 0 Å². The van der Waals surface area contributed by atoms with Crippen molar-refractivity contribution < 1.29 is 9.59 Å². The lowest BCUT2D eigenvalue weighted by Gasteiger charge is -2.07. The van der Waals surface area contributed by atoms with Crippen molar-refractivity contribution in [2.75, 3.05) is 6.54 Å². The van der Waals surface area contributed by atoms with Crippen molar-refractivity contribution >= 4 is 11.7 Å². The van der Waals surface area contributed by atoms with Crippen LogP contribution in [0, 0.1) is 20.8 Å². The second kappa shape index (κ2) is 6.60. The number of hydrogen-bond donors (Lipinski definition) is 2. The smallest absolute Gasteiger partial charge is 0.268 e. The molecule has 6 heteroatoms. The maximum absolute atomic E-state index is 12.2. The summed E-state index contributed by atoms with van der Waals surface area (Å²) in [5.74, 6) is 0.768. The Kier molecular flexibility index (Phi) is 4.80. The van der Waals surface area contributed by atoms with Gasteiger partial charge in [0, 0.05) is 36.7 Å². The highest BCUT2D eigenvalue weighted by molar-refractivity contribution is 6.02. The molecule has 0 saturated heterocycles. The number of aromatic amines is 1. The zero-order valence-electron chi connectivity index (χ0n) is 13.5. The SMILES string of the molecule is CC(=O)c1c(C)[nH]c(C(=O)NCCCn2ccnc2C)c1C. The van der Waals surface area contributed by atoms with Gasteiger partial charge in [0.1, 0.15) is 11.5 Å². The highest BCUT2D eigenvalue weighted by atomic mass is 16.2. The van der Waals surface area contributed by atoms with Gasteiger partial charge in [-0.05, 0) is 39.7 Å². The number of H-pyrrole nitrogens is 1. The molecule has 0 saturated carbocycles. The van der Waals surface area contributed by atoms with E-state index >= 15 is 0 Å². The third-order valence-electron chi connectivity index (χ3n) is 3.80. The van der Waals surface area contributed by atoms with Crippen LogP contribution in [0.25, 0.3) is 0 Å². The predicted molar refractivity (Wildman–Crippen MR) is 84.2 cm³/mol. The van der Waals surface area contributed by atoms with E-state index in [2.05, 4.69) is 15.3 Å². The Labute approximate surface area is 129 Å². The molecule has 118 valence electrons. The van der Waals surface area contributed by atoms with Crippen molar-refractivity contribution in [1.82, 2.24) is 19.9 Å². The van der Waals surface area contributed by atoms with Gasteiger partial charge in [0.05, 0.1) is 0 Å². The van der Waals surface area contributed by atoms with Crippen LogP contribution in [0.3, 0.4) is 0 Å². The molecular weight excluding hydrogens is 280 g/mol. The van der Waals surface area contributed by atoms with Gasteiger partial charge in [-0.2, -0.15) is 0 Å². The third kappa shape index (κ3) is 3.27. The van der Waals surface area contributed by atoms with Crippen LogP contribution in [0.4, 0.5) is 0 Å². The van der Waals surface area contributed by atoms with Crippen LogP contribution < -0.4 is 5.32 Å². The first kappa shape index (κ1) is 16.0. The minimum atomic E-state index is -0.171. The number of rotatable bonds is 6. The summed E-state index contributed by atoms with van der Waals surface area (Å²) in [6.07, 6.45) is 4.51. The molecule has 2 heterocycles. The van der Waals surface area contributed by atoms with Crippen molar-refractivity contribution in [3.05, 3.63) is 40.7 Å². The number of ketones is 1. The first-order valence-electron chi connectivity index (χ1n) is 7.37. The molecule has 0 radical (unpaired) electrons. The van der Waals surface area contributed by atoms with E-state index in [4.69, 9.17) is 0 Å². The molecule has 6 nitrogen and oxygen atoms in total. The summed E-state index contributed by atoms with van der Waals surface area (Å²) in [4.78, 5) is 31.0. The third-order valence-corrected chi connectivity index (χ3v) is 3.80. The molecule has 2 aromatic rings. The van der Waals surface area contributed by atoms with Crippen LogP contribution in [-0.2, 0) is 6.54 Å². The molecule has 0 aromatic carbocycles. The molecule has 0 aliphatic carbocycles. The van der Waals surface area contributed by atoms with Gasteiger partial charge in [0.25, 0.3) is 5.91 Å². The standard InChI is InChI=1S/C16H22N4O2/c1-10-14(12(3)21)11(2)19-15(10)16(22)18-6-5-8-20-9-7-17-13(20)4/h7,9,19H,5-6,8H2,1-4H3,(H,18,22). The van der Waals surface area contributed by atoms with Crippen LogP contribution in [0.1, 0.15) is 51.3 Å². The molecular formula is C16H22N4O2. The quantitative estimate of drug-likeness (QED) is 0.634. The van der Waals surface area contributed by atoms with Crippen LogP contribution in [0.15, 0.2) is 12.4 Å². The molecule has 22 heavy (non-hydrogen) atoms. The Morgan fingerprint density at radius 3 is 2.59 bits per heavy atom. The lowest BCUT2D eigenvalue weighted by atomic mass is 10.1. The van der Waals surface area contributed by atoms with Crippen molar-refractivity contribution in [3.63, 3.8) is 0 Å². The minimum absolute atomic E-state index is 0.0270. The van der Waals surface area contributed by atoms with E-state index in [1.807, 2.05) is 24.6 Å². The van der Waals surface area contributed by atoms with E-state index in [1.54, 1.807) is 13.1 Å². The van der Waals surface area contributed by atoms with Gasteiger partial charge in [-0.3, -0.25) is 9.59 Å². The maximum Gasteiger partial charge on any atom is 0.268 e. The average molecular weight is 302 g/mol. The predicted octanol–water partition coefficient (Wildman–Crippen LogP) is 2.16. The number of Topliss-reactive ketones (excluding diaryl/α,β-unsaturated/α-hetero) is 1. The first-order valence-corrected chi connectivity index (χ1v) is 7.37. The van der Waals surface area contributed by atoms with E-state index in [0.717, 1.165) is 24.5 Å². The molecule has 0 fully saturated rings. The highest BCUT2D eigenvalue weighted by Gasteiger charge is 2.19. The topological polar surface area (TPSA) is 79.8 Å². The van der Waals surface area contributed by atoms with Gasteiger partial charge >= 0.3 is 0 Å². The van der Waals surface area contributed by atoms with Crippen molar-refractivity contribution in [1.29, 1.82) is 0 Å². The molecule has 0 aliphatic rings. The number of imidazole rings is 1. The Hall–Kier alpha value is -2.37. The normalized spacial score (nSPS) is 10.7. The van der Waals surface area contributed by atoms with Gasteiger partial charge in [0.15, 0.2) is 5.78 Å². The van der Waals surface area contributed by atoms with Crippen molar-refractivity contribution in [3.8, 4) is 0 Å². The van der Waals surface area contributed by atoms with Gasteiger partial charge < -0.3 is 14.9 Å². The Bertz CT molecular complexity index is 697. The summed E-state index contributed by atoms with van der Waals surface area (Å²) < 4.78 is 2.05. The van der Waals surface area contributed by atoms with Crippen LogP contribution in [0.2, 0.25) is 0 Å². The first-order chi connectivity index (χ1) is 10.4. The minimum Gasteiger partial charge on any atom is -0.354 e. The molecule has 0 spiro atoms. The fourth-order valence-electron chi connectivity index (χ4n) is 2.68. The largest absolute Gasteiger partial charge is 0.354 e. The Morgan fingerprint density at radius 1 is 1.32 bits per heavy atom. The summed E-state index contributed by atoms with van der Waals surface area (Å²) in [6, 6.07) is 0. The molecule has 2 N–H and O–H groups in total. The lowest BCUT2D eigenvalue weighted by molar-refractivity contribution is 0.0947. The van der Waals surface area contributed by atoms with Crippen molar-refractivity contribution in [2.45, 2.75) is 40.7 Å². The molecule has 0 aliphatic heterocycles. The Balaban J connectivity index is 1.92. The summed E-state index contributed by atoms with van der Waals surface area (Å²) in [5, 5.41) is 2.89. The van der Waals surface area contributed by atoms with E-state index < -0.39 is 0 Å². The van der Waals surface area contributed by atoms with E-state index in [-0.39, 0.29) is 11.7 Å². The number of amides is 1. The van der Waals surface area contributed by atoms with Crippen LogP contribution in [0.5, 0.6) is 0 Å². The fraction of sp³-hybridized carbons (Fsp3) is 0.438. The summed E-state index contributed by atoms with van der Waals surface area (Å²) in [6.45, 7) is 8.45. The molecule has 0 atom stereocenters. The van der Waals surface area contributed by atoms with Gasteiger partial charge in [-0.15, -0.1) is 0 Å². The second-order valence-electron chi connectivity index (χ2n) is 5.46.